The summed E-state index contributed by atoms with van der Waals surface area (Å²) >= 11 is 0. The van der Waals surface area contributed by atoms with Gasteiger partial charge in [0.15, 0.2) is 11.6 Å². The molecule has 0 spiro atoms. The minimum atomic E-state index is -0.984. The van der Waals surface area contributed by atoms with Crippen molar-refractivity contribution in [3.05, 3.63) is 88.5 Å². The second-order valence-electron chi connectivity index (χ2n) is 10.4. The number of aromatic carboxylic acids is 1. The van der Waals surface area contributed by atoms with Crippen LogP contribution in [0, 0.1) is 23.0 Å². The number of hydrogen-bond acceptors (Lipinski definition) is 7. The molecule has 1 unspecified atom stereocenters. The fourth-order valence-corrected chi connectivity index (χ4v) is 5.34. The first-order valence-electron chi connectivity index (χ1n) is 13.4. The highest BCUT2D eigenvalue weighted by Crippen LogP contribution is 2.30. The first kappa shape index (κ1) is 29.4. The molecule has 2 saturated heterocycles. The lowest BCUT2D eigenvalue weighted by Gasteiger charge is -2.28. The van der Waals surface area contributed by atoms with Crippen LogP contribution in [-0.4, -0.2) is 56.3 Å². The largest absolute Gasteiger partial charge is 0.484 e. The maximum absolute atomic E-state index is 14.6. The van der Waals surface area contributed by atoms with E-state index in [0.717, 1.165) is 54.6 Å². The Morgan fingerprint density at radius 2 is 1.95 bits per heavy atom. The zero-order chi connectivity index (χ0) is 28.5. The monoisotopic (exact) mass is 593 g/mol. The van der Waals surface area contributed by atoms with Gasteiger partial charge in [-0.25, -0.2) is 18.6 Å². The van der Waals surface area contributed by atoms with E-state index in [2.05, 4.69) is 14.5 Å². The zero-order valence-electron chi connectivity index (χ0n) is 22.6. The molecule has 42 heavy (non-hydrogen) atoms. The molecule has 4 aromatic rings. The molecule has 2 aromatic carbocycles. The van der Waals surface area contributed by atoms with E-state index < -0.39 is 17.6 Å². The molecular weight excluding hydrogens is 564 g/mol. The van der Waals surface area contributed by atoms with Crippen molar-refractivity contribution in [2.75, 3.05) is 19.7 Å². The van der Waals surface area contributed by atoms with Gasteiger partial charge in [-0.1, -0.05) is 0 Å². The van der Waals surface area contributed by atoms with Crippen molar-refractivity contribution >= 4 is 30.5 Å². The van der Waals surface area contributed by atoms with E-state index in [1.54, 1.807) is 24.3 Å². The van der Waals surface area contributed by atoms with Crippen LogP contribution in [0.2, 0.25) is 0 Å². The van der Waals surface area contributed by atoms with Crippen LogP contribution in [-0.2, 0) is 24.4 Å². The molecule has 2 aliphatic heterocycles. The molecule has 2 aromatic heterocycles. The number of imidazole rings is 1. The zero-order valence-corrected chi connectivity index (χ0v) is 23.6. The summed E-state index contributed by atoms with van der Waals surface area (Å²) in [4.78, 5) is 23.2. The fourth-order valence-electron chi connectivity index (χ4n) is 5.34. The number of nitriles is 1. The quantitative estimate of drug-likeness (QED) is 0.296. The molecule has 9 nitrogen and oxygen atoms in total. The number of fused-ring (bicyclic) bond motifs is 1. The number of carbonyl (C=O) groups is 1. The van der Waals surface area contributed by atoms with Gasteiger partial charge in [0, 0.05) is 24.8 Å². The molecule has 2 fully saturated rings. The molecule has 2 atom stereocenters. The number of nitrogens with zero attached hydrogens (tertiary/aromatic N) is 5. The Bertz CT molecular complexity index is 1670. The Labute approximate surface area is 247 Å². The highest BCUT2D eigenvalue weighted by Gasteiger charge is 2.28. The minimum Gasteiger partial charge on any atom is -0.484 e. The molecule has 6 rings (SSSR count). The highest BCUT2D eigenvalue weighted by atomic mass is 32.1. The van der Waals surface area contributed by atoms with Gasteiger partial charge in [0.25, 0.3) is 0 Å². The summed E-state index contributed by atoms with van der Waals surface area (Å²) < 4.78 is 41.9. The van der Waals surface area contributed by atoms with Crippen molar-refractivity contribution < 1.29 is 28.2 Å². The topological polar surface area (TPSA) is 114 Å². The first-order valence-corrected chi connectivity index (χ1v) is 13.4. The van der Waals surface area contributed by atoms with Crippen LogP contribution in [0.1, 0.15) is 51.9 Å². The molecule has 0 aliphatic carbocycles. The lowest BCUT2D eigenvalue weighted by atomic mass is 10.0. The first-order chi connectivity index (χ1) is 19.9. The summed E-state index contributed by atoms with van der Waals surface area (Å²) in [5, 5.41) is 18.4. The lowest BCUT2D eigenvalue weighted by molar-refractivity contribution is -0.0591. The number of rotatable bonds is 9. The normalized spacial score (nSPS) is 18.3. The number of ether oxygens (including phenoxy) is 2. The van der Waals surface area contributed by atoms with Gasteiger partial charge < -0.3 is 19.1 Å². The van der Waals surface area contributed by atoms with Gasteiger partial charge in [0.2, 0.25) is 0 Å². The van der Waals surface area contributed by atoms with Crippen molar-refractivity contribution in [1.29, 1.82) is 5.26 Å². The van der Waals surface area contributed by atoms with Gasteiger partial charge in [0.05, 0.1) is 47.4 Å². The van der Waals surface area contributed by atoms with Gasteiger partial charge >= 0.3 is 5.97 Å². The summed E-state index contributed by atoms with van der Waals surface area (Å²) in [7, 11) is 0. The van der Waals surface area contributed by atoms with Crippen molar-refractivity contribution in [2.24, 2.45) is 0 Å². The second kappa shape index (κ2) is 12.4. The predicted molar refractivity (Wildman–Crippen MR) is 154 cm³/mol. The number of halogens is 2. The second-order valence-corrected chi connectivity index (χ2v) is 10.4. The number of likely N-dealkylation sites (tertiary alicyclic amines) is 1. The van der Waals surface area contributed by atoms with E-state index in [-0.39, 0.29) is 54.7 Å². The summed E-state index contributed by atoms with van der Waals surface area (Å²) in [6, 6.07) is 13.7. The van der Waals surface area contributed by atoms with E-state index in [0.29, 0.717) is 19.6 Å². The average Bonchev–Trinajstić information content (AvgIpc) is 3.54. The van der Waals surface area contributed by atoms with Crippen molar-refractivity contribution in [3.8, 4) is 11.8 Å². The number of aromatic nitrogens is 3. The molecular formula is C30H29F2N5O4S. The van der Waals surface area contributed by atoms with Crippen LogP contribution >= 0.6 is 13.5 Å². The maximum Gasteiger partial charge on any atom is 0.335 e. The summed E-state index contributed by atoms with van der Waals surface area (Å²) in [6.07, 6.45) is 1.84. The third kappa shape index (κ3) is 6.09. The van der Waals surface area contributed by atoms with Gasteiger partial charge in [-0.3, -0.25) is 9.88 Å². The highest BCUT2D eigenvalue weighted by molar-refractivity contribution is 7.59. The minimum absolute atomic E-state index is 0. The predicted octanol–water partition coefficient (Wildman–Crippen LogP) is 4.75. The van der Waals surface area contributed by atoms with Crippen LogP contribution in [0.4, 0.5) is 8.78 Å². The Balaban J connectivity index is 0.00000353. The number of benzene rings is 2. The van der Waals surface area contributed by atoms with Crippen LogP contribution in [0.15, 0.2) is 48.5 Å². The average molecular weight is 594 g/mol. The summed E-state index contributed by atoms with van der Waals surface area (Å²) in [5.41, 5.74) is 2.71. The molecule has 12 heteroatoms. The van der Waals surface area contributed by atoms with Crippen LogP contribution in [0.5, 0.6) is 5.75 Å². The molecule has 218 valence electrons. The molecule has 0 bridgehead atoms. The summed E-state index contributed by atoms with van der Waals surface area (Å²) in [5.74, 6) is -1.39. The molecule has 4 heterocycles. The van der Waals surface area contributed by atoms with Crippen LogP contribution in [0.25, 0.3) is 11.0 Å². The molecule has 0 saturated carbocycles. The maximum atomic E-state index is 14.6. The number of hydrogen-bond donors (Lipinski definition) is 1. The van der Waals surface area contributed by atoms with E-state index in [4.69, 9.17) is 19.7 Å². The number of pyridine rings is 1. The fraction of sp³-hybridized carbons (Fsp3) is 0.333. The Morgan fingerprint density at radius 3 is 2.67 bits per heavy atom. The van der Waals surface area contributed by atoms with E-state index in [1.165, 1.54) is 18.2 Å². The molecule has 0 amide bonds. The van der Waals surface area contributed by atoms with Crippen LogP contribution < -0.4 is 4.74 Å². The van der Waals surface area contributed by atoms with Gasteiger partial charge in [-0.15, -0.1) is 0 Å². The third-order valence-electron chi connectivity index (χ3n) is 7.68. The molecule has 2 aliphatic rings. The van der Waals surface area contributed by atoms with E-state index >= 15 is 0 Å². The van der Waals surface area contributed by atoms with Crippen molar-refractivity contribution in [1.82, 2.24) is 19.4 Å². The molecule has 1 N–H and O–H groups in total. The van der Waals surface area contributed by atoms with Gasteiger partial charge in [-0.05, 0) is 67.9 Å². The Morgan fingerprint density at radius 1 is 1.12 bits per heavy atom. The molecule has 0 radical (unpaired) electrons. The number of carboxylic acid groups (broad SMARTS) is 1. The lowest BCUT2D eigenvalue weighted by Crippen LogP contribution is -2.32. The number of carboxylic acids is 1. The Hall–Kier alpha value is -4.05. The van der Waals surface area contributed by atoms with Gasteiger partial charge in [0.1, 0.15) is 23.9 Å². The van der Waals surface area contributed by atoms with Crippen LogP contribution in [0.3, 0.4) is 0 Å². The van der Waals surface area contributed by atoms with Crippen molar-refractivity contribution in [3.63, 3.8) is 0 Å². The summed E-state index contributed by atoms with van der Waals surface area (Å²) in [6.45, 7) is 3.12. The van der Waals surface area contributed by atoms with E-state index in [9.17, 15) is 18.7 Å². The van der Waals surface area contributed by atoms with Gasteiger partial charge in [-0.2, -0.15) is 18.8 Å². The standard InChI is InChI=1S/C30H27F2N5O4.H2S/c31-22-3-5-24(34-26(22)17-41-28-6-1-18(13-33)11-23(28)32)20-7-9-36(14-20)16-29-35-25-4-2-19(30(38)39)12-27(25)37(29)15-21-8-10-40-21;/h1-6,11-12,20-21H,7-10,14-17H2,(H,38,39);1H2/t20?,21-;/m0./s1. The SMILES string of the molecule is N#Cc1ccc(OCc2nc(C3CCN(Cc4nc5ccc(C(=O)O)cc5n4C[C@@H]4CCO4)C3)ccc2F)c(F)c1.S. The third-order valence-corrected chi connectivity index (χ3v) is 7.68. The Kier molecular flexibility index (Phi) is 8.72. The smallest absolute Gasteiger partial charge is 0.335 e. The van der Waals surface area contributed by atoms with Crippen molar-refractivity contribution in [2.45, 2.75) is 44.6 Å². The van der Waals surface area contributed by atoms with E-state index in [1.807, 2.05) is 6.07 Å².